The average molecular weight is 338 g/mol. The van der Waals surface area contributed by atoms with E-state index in [1.54, 1.807) is 13.2 Å². The number of nitrogens with zero attached hydrogens (tertiary/aromatic N) is 2. The summed E-state index contributed by atoms with van der Waals surface area (Å²) in [5.74, 6) is 0.548. The zero-order chi connectivity index (χ0) is 17.9. The van der Waals surface area contributed by atoms with E-state index in [0.29, 0.717) is 6.61 Å². The van der Waals surface area contributed by atoms with Gasteiger partial charge >= 0.3 is 0 Å². The molecule has 0 aromatic rings. The first-order chi connectivity index (χ1) is 11.5. The minimum absolute atomic E-state index is 0.110. The zero-order valence-corrected chi connectivity index (χ0v) is 15.4. The van der Waals surface area contributed by atoms with Crippen molar-refractivity contribution in [2.45, 2.75) is 27.2 Å². The minimum atomic E-state index is -0.466. The largest absolute Gasteiger partial charge is 0.384 e. The number of hydrogen-bond acceptors (Lipinski definition) is 4. The number of rotatable bonds is 8. The molecule has 6 heteroatoms. The van der Waals surface area contributed by atoms with Gasteiger partial charge in [0.2, 0.25) is 0 Å². The lowest BCUT2D eigenvalue weighted by Gasteiger charge is -2.29. The molecule has 0 bridgehead atoms. The normalized spacial score (nSPS) is 19.3. The Morgan fingerprint density at radius 3 is 2.62 bits per heavy atom. The number of nitrogens with one attached hydrogen (secondary N) is 2. The van der Waals surface area contributed by atoms with Crippen LogP contribution in [0.3, 0.4) is 0 Å². The SMILES string of the molecule is C=C(F)/C=C\C(C)=C(\N=C(CC)NN1CCNCC1)C(C)COC. The molecule has 1 heterocycles. The van der Waals surface area contributed by atoms with Crippen LogP contribution in [0.1, 0.15) is 27.2 Å². The third-order valence-electron chi connectivity index (χ3n) is 3.80. The first-order valence-electron chi connectivity index (χ1n) is 8.50. The van der Waals surface area contributed by atoms with Crippen molar-refractivity contribution in [1.82, 2.24) is 15.8 Å². The summed E-state index contributed by atoms with van der Waals surface area (Å²) in [6.07, 6.45) is 3.87. The summed E-state index contributed by atoms with van der Waals surface area (Å²) in [7, 11) is 1.67. The van der Waals surface area contributed by atoms with Gasteiger partial charge in [-0.2, -0.15) is 0 Å². The number of piperazine rings is 1. The van der Waals surface area contributed by atoms with E-state index in [0.717, 1.165) is 49.7 Å². The van der Waals surface area contributed by atoms with E-state index in [1.165, 1.54) is 6.08 Å². The first kappa shape index (κ1) is 20.5. The highest BCUT2D eigenvalue weighted by atomic mass is 19.1. The number of amidine groups is 1. The van der Waals surface area contributed by atoms with Gasteiger partial charge in [0.1, 0.15) is 11.7 Å². The molecule has 5 nitrogen and oxygen atoms in total. The van der Waals surface area contributed by atoms with Gasteiger partial charge in [0.05, 0.1) is 12.3 Å². The fourth-order valence-corrected chi connectivity index (χ4v) is 2.50. The summed E-state index contributed by atoms with van der Waals surface area (Å²) in [6.45, 7) is 13.7. The van der Waals surface area contributed by atoms with Crippen LogP contribution in [-0.2, 0) is 4.74 Å². The maximum atomic E-state index is 12.9. The van der Waals surface area contributed by atoms with Gasteiger partial charge in [-0.1, -0.05) is 26.5 Å². The van der Waals surface area contributed by atoms with Crippen LogP contribution < -0.4 is 10.7 Å². The molecule has 0 saturated carbocycles. The van der Waals surface area contributed by atoms with Gasteiger partial charge in [-0.3, -0.25) is 0 Å². The Kier molecular flexibility index (Phi) is 9.52. The number of methoxy groups -OCH3 is 1. The predicted molar refractivity (Wildman–Crippen MR) is 98.4 cm³/mol. The maximum absolute atomic E-state index is 12.9. The molecule has 2 N–H and O–H groups in total. The summed E-state index contributed by atoms with van der Waals surface area (Å²) in [5.41, 5.74) is 5.21. The second-order valence-corrected chi connectivity index (χ2v) is 5.97. The Balaban J connectivity index is 3.01. The Morgan fingerprint density at radius 1 is 1.42 bits per heavy atom. The van der Waals surface area contributed by atoms with E-state index >= 15 is 0 Å². The summed E-state index contributed by atoms with van der Waals surface area (Å²) >= 11 is 0. The highest BCUT2D eigenvalue weighted by molar-refractivity contribution is 5.82. The molecule has 0 aromatic carbocycles. The molecule has 24 heavy (non-hydrogen) atoms. The second-order valence-electron chi connectivity index (χ2n) is 5.97. The van der Waals surface area contributed by atoms with Crippen LogP contribution in [0.2, 0.25) is 0 Å². The van der Waals surface area contributed by atoms with Crippen LogP contribution in [0.5, 0.6) is 0 Å². The minimum Gasteiger partial charge on any atom is -0.384 e. The van der Waals surface area contributed by atoms with Crippen molar-refractivity contribution in [1.29, 1.82) is 0 Å². The summed E-state index contributed by atoms with van der Waals surface area (Å²) in [6, 6.07) is 0. The monoisotopic (exact) mass is 338 g/mol. The third kappa shape index (κ3) is 7.38. The van der Waals surface area contributed by atoms with Crippen LogP contribution in [0.15, 0.2) is 40.8 Å². The van der Waals surface area contributed by atoms with Gasteiger partial charge in [0.15, 0.2) is 0 Å². The molecule has 1 saturated heterocycles. The van der Waals surface area contributed by atoms with Gasteiger partial charge in [-0.25, -0.2) is 14.4 Å². The summed E-state index contributed by atoms with van der Waals surface area (Å²) < 4.78 is 18.2. The van der Waals surface area contributed by atoms with Gasteiger partial charge in [0, 0.05) is 45.6 Å². The topological polar surface area (TPSA) is 48.9 Å². The van der Waals surface area contributed by atoms with E-state index in [9.17, 15) is 4.39 Å². The van der Waals surface area contributed by atoms with Crippen LogP contribution in [0.4, 0.5) is 4.39 Å². The fourth-order valence-electron chi connectivity index (χ4n) is 2.50. The molecule has 1 aliphatic rings. The highest BCUT2D eigenvalue weighted by Crippen LogP contribution is 2.19. The molecular weight excluding hydrogens is 307 g/mol. The molecule has 1 unspecified atom stereocenters. The Morgan fingerprint density at radius 2 is 2.08 bits per heavy atom. The van der Waals surface area contributed by atoms with Crippen LogP contribution >= 0.6 is 0 Å². The lowest BCUT2D eigenvalue weighted by molar-refractivity contribution is 0.171. The molecule has 1 fully saturated rings. The highest BCUT2D eigenvalue weighted by Gasteiger charge is 2.14. The van der Waals surface area contributed by atoms with Gasteiger partial charge in [-0.05, 0) is 18.6 Å². The quantitative estimate of drug-likeness (QED) is 0.406. The van der Waals surface area contributed by atoms with E-state index < -0.39 is 5.83 Å². The van der Waals surface area contributed by atoms with Crippen LogP contribution in [-0.4, -0.2) is 50.7 Å². The number of halogens is 1. The zero-order valence-electron chi connectivity index (χ0n) is 15.4. The molecule has 1 rings (SSSR count). The maximum Gasteiger partial charge on any atom is 0.116 e. The molecule has 1 atom stereocenters. The Labute approximate surface area is 145 Å². The number of ether oxygens (including phenoxy) is 1. The summed E-state index contributed by atoms with van der Waals surface area (Å²) in [5, 5.41) is 5.50. The van der Waals surface area contributed by atoms with Crippen molar-refractivity contribution >= 4 is 5.84 Å². The van der Waals surface area contributed by atoms with Gasteiger partial charge in [0.25, 0.3) is 0 Å². The van der Waals surface area contributed by atoms with Crippen LogP contribution in [0, 0.1) is 5.92 Å². The number of hydrazine groups is 1. The Hall–Kier alpha value is -1.50. The molecule has 0 aliphatic carbocycles. The van der Waals surface area contributed by atoms with Crippen molar-refractivity contribution in [3.63, 3.8) is 0 Å². The van der Waals surface area contributed by atoms with Crippen molar-refractivity contribution in [3.8, 4) is 0 Å². The van der Waals surface area contributed by atoms with Crippen LogP contribution in [0.25, 0.3) is 0 Å². The lowest BCUT2D eigenvalue weighted by Crippen LogP contribution is -2.52. The third-order valence-corrected chi connectivity index (χ3v) is 3.80. The molecular formula is C18H31FN4O. The number of hydrogen-bond donors (Lipinski definition) is 2. The van der Waals surface area contributed by atoms with Crippen molar-refractivity contribution < 1.29 is 9.13 Å². The number of allylic oxidation sites excluding steroid dienone is 4. The Bertz CT molecular complexity index is 493. The van der Waals surface area contributed by atoms with E-state index in [4.69, 9.17) is 9.73 Å². The van der Waals surface area contributed by atoms with Crippen molar-refractivity contribution in [3.05, 3.63) is 35.8 Å². The van der Waals surface area contributed by atoms with Crippen molar-refractivity contribution in [2.24, 2.45) is 10.9 Å². The molecule has 136 valence electrons. The second kappa shape index (κ2) is 11.1. The first-order valence-corrected chi connectivity index (χ1v) is 8.50. The molecule has 1 aliphatic heterocycles. The average Bonchev–Trinajstić information content (AvgIpc) is 2.57. The molecule has 0 aromatic heterocycles. The lowest BCUT2D eigenvalue weighted by atomic mass is 10.0. The standard InChI is InChI=1S/C18H31FN4O/c1-6-17(22-23-11-9-20-10-12-23)21-18(15(3)13-24-5)14(2)7-8-16(4)19/h7-8,15,20H,4,6,9-13H2,1-3,5H3,(H,21,22)/b8-7-,18-14+. The predicted octanol–water partition coefficient (Wildman–Crippen LogP) is 2.80. The van der Waals surface area contributed by atoms with Gasteiger partial charge in [-0.15, -0.1) is 0 Å². The van der Waals surface area contributed by atoms with E-state index in [1.807, 2.05) is 6.92 Å². The van der Waals surface area contributed by atoms with E-state index in [2.05, 4.69) is 36.2 Å². The molecule has 0 radical (unpaired) electrons. The molecule has 0 spiro atoms. The molecule has 0 amide bonds. The number of aliphatic imine (C=N–C) groups is 1. The van der Waals surface area contributed by atoms with Gasteiger partial charge < -0.3 is 15.5 Å². The smallest absolute Gasteiger partial charge is 0.116 e. The summed E-state index contributed by atoms with van der Waals surface area (Å²) in [4.78, 5) is 4.82. The van der Waals surface area contributed by atoms with Crippen molar-refractivity contribution in [2.75, 3.05) is 39.9 Å². The fraction of sp³-hybridized carbons (Fsp3) is 0.611. The van der Waals surface area contributed by atoms with E-state index in [-0.39, 0.29) is 5.92 Å².